The van der Waals surface area contributed by atoms with Crippen LogP contribution in [-0.2, 0) is 15.6 Å². The zero-order valence-corrected chi connectivity index (χ0v) is 15.6. The van der Waals surface area contributed by atoms with E-state index in [0.29, 0.717) is 12.0 Å². The van der Waals surface area contributed by atoms with Gasteiger partial charge in [-0.05, 0) is 37.6 Å². The molecule has 1 fully saturated rings. The van der Waals surface area contributed by atoms with Gasteiger partial charge in [-0.2, -0.15) is 0 Å². The predicted octanol–water partition coefficient (Wildman–Crippen LogP) is 2.66. The van der Waals surface area contributed by atoms with Gasteiger partial charge in [-0.25, -0.2) is 13.4 Å². The van der Waals surface area contributed by atoms with E-state index < -0.39 is 9.84 Å². The predicted molar refractivity (Wildman–Crippen MR) is 97.4 cm³/mol. The van der Waals surface area contributed by atoms with Crippen molar-refractivity contribution < 1.29 is 13.2 Å². The number of rotatable bonds is 5. The van der Waals surface area contributed by atoms with Crippen molar-refractivity contribution in [2.75, 3.05) is 11.5 Å². The van der Waals surface area contributed by atoms with Crippen molar-refractivity contribution in [3.8, 4) is 0 Å². The van der Waals surface area contributed by atoms with Gasteiger partial charge < -0.3 is 5.32 Å². The number of amides is 1. The van der Waals surface area contributed by atoms with Gasteiger partial charge in [-0.1, -0.05) is 0 Å². The van der Waals surface area contributed by atoms with Crippen molar-refractivity contribution in [3.63, 3.8) is 0 Å². The van der Waals surface area contributed by atoms with Crippen LogP contribution >= 0.6 is 23.1 Å². The number of hydrogen-bond donors (Lipinski definition) is 1. The fourth-order valence-corrected chi connectivity index (χ4v) is 5.69. The SMILES string of the molecule is Cc1nc(CSc2ccc(C(=O)NC3CCS(=O)(=O)C3)cc2)cs1. The summed E-state index contributed by atoms with van der Waals surface area (Å²) in [5.74, 6) is 0.780. The molecule has 1 aromatic carbocycles. The van der Waals surface area contributed by atoms with Crippen molar-refractivity contribution in [1.29, 1.82) is 0 Å². The molecule has 2 aromatic rings. The van der Waals surface area contributed by atoms with Crippen molar-refractivity contribution in [2.24, 2.45) is 0 Å². The normalized spacial score (nSPS) is 19.3. The Hall–Kier alpha value is -1.38. The number of aromatic nitrogens is 1. The minimum absolute atomic E-state index is 0.0414. The number of nitrogens with zero attached hydrogens (tertiary/aromatic N) is 1. The van der Waals surface area contributed by atoms with Gasteiger partial charge >= 0.3 is 0 Å². The minimum atomic E-state index is -2.99. The lowest BCUT2D eigenvalue weighted by Crippen LogP contribution is -2.35. The van der Waals surface area contributed by atoms with Gasteiger partial charge in [-0.3, -0.25) is 4.79 Å². The molecule has 1 aliphatic heterocycles. The summed E-state index contributed by atoms with van der Waals surface area (Å²) in [6.07, 6.45) is 0.495. The van der Waals surface area contributed by atoms with Crippen LogP contribution in [-0.4, -0.2) is 36.9 Å². The maximum absolute atomic E-state index is 12.2. The molecule has 0 aliphatic carbocycles. The molecule has 3 rings (SSSR count). The first kappa shape index (κ1) is 17.4. The number of carbonyl (C=O) groups excluding carboxylic acids is 1. The molecule has 1 amide bonds. The summed E-state index contributed by atoms with van der Waals surface area (Å²) in [6, 6.07) is 7.08. The van der Waals surface area contributed by atoms with Gasteiger partial charge in [0, 0.05) is 27.6 Å². The first-order chi connectivity index (χ1) is 11.4. The maximum Gasteiger partial charge on any atom is 0.251 e. The quantitative estimate of drug-likeness (QED) is 0.805. The molecule has 1 atom stereocenters. The average molecular weight is 383 g/mol. The van der Waals surface area contributed by atoms with Gasteiger partial charge in [0.15, 0.2) is 9.84 Å². The van der Waals surface area contributed by atoms with Crippen molar-refractivity contribution >= 4 is 38.8 Å². The number of thioether (sulfide) groups is 1. The molecule has 1 saturated heterocycles. The Balaban J connectivity index is 1.54. The number of carbonyl (C=O) groups is 1. The summed E-state index contributed by atoms with van der Waals surface area (Å²) in [4.78, 5) is 17.7. The van der Waals surface area contributed by atoms with E-state index in [1.54, 1.807) is 35.2 Å². The summed E-state index contributed by atoms with van der Waals surface area (Å²) in [5, 5.41) is 5.91. The summed E-state index contributed by atoms with van der Waals surface area (Å²) < 4.78 is 22.9. The number of benzene rings is 1. The molecule has 5 nitrogen and oxygen atoms in total. The van der Waals surface area contributed by atoms with E-state index in [1.807, 2.05) is 19.1 Å². The number of thiazole rings is 1. The molecular weight excluding hydrogens is 364 g/mol. The zero-order chi connectivity index (χ0) is 17.2. The Labute approximate surface area is 149 Å². The standard InChI is InChI=1S/C16H18N2O3S3/c1-11-17-14(8-22-11)9-23-15-4-2-12(3-5-15)16(19)18-13-6-7-24(20,21)10-13/h2-5,8,13H,6-7,9-10H2,1H3,(H,18,19). The fraction of sp³-hybridized carbons (Fsp3) is 0.375. The highest BCUT2D eigenvalue weighted by atomic mass is 32.2. The van der Waals surface area contributed by atoms with Crippen molar-refractivity contribution in [3.05, 3.63) is 45.9 Å². The highest BCUT2D eigenvalue weighted by Crippen LogP contribution is 2.24. The molecule has 0 saturated carbocycles. The second-order valence-corrected chi connectivity index (χ2v) is 10.1. The Morgan fingerprint density at radius 2 is 2.12 bits per heavy atom. The maximum atomic E-state index is 12.2. The van der Waals surface area contributed by atoms with Crippen LogP contribution in [0.3, 0.4) is 0 Å². The third-order valence-electron chi connectivity index (χ3n) is 3.74. The van der Waals surface area contributed by atoms with Crippen LogP contribution in [0.25, 0.3) is 0 Å². The second kappa shape index (κ2) is 7.25. The second-order valence-electron chi connectivity index (χ2n) is 5.74. The van der Waals surface area contributed by atoms with Crippen LogP contribution < -0.4 is 5.32 Å². The zero-order valence-electron chi connectivity index (χ0n) is 13.2. The fourth-order valence-electron chi connectivity index (χ4n) is 2.51. The molecule has 1 aromatic heterocycles. The van der Waals surface area contributed by atoms with Crippen LogP contribution in [0, 0.1) is 6.92 Å². The first-order valence-corrected chi connectivity index (χ1v) is 11.3. The Morgan fingerprint density at radius 3 is 2.71 bits per heavy atom. The number of hydrogen-bond acceptors (Lipinski definition) is 6. The smallest absolute Gasteiger partial charge is 0.251 e. The van der Waals surface area contributed by atoms with Gasteiger partial charge in [0.05, 0.1) is 22.2 Å². The molecule has 1 N–H and O–H groups in total. The van der Waals surface area contributed by atoms with E-state index in [-0.39, 0.29) is 23.5 Å². The third-order valence-corrected chi connectivity index (χ3v) is 7.37. The summed E-state index contributed by atoms with van der Waals surface area (Å²) >= 11 is 3.31. The first-order valence-electron chi connectivity index (χ1n) is 7.56. The highest BCUT2D eigenvalue weighted by Gasteiger charge is 2.29. The molecule has 0 spiro atoms. The molecule has 0 bridgehead atoms. The Bertz CT molecular complexity index is 829. The summed E-state index contributed by atoms with van der Waals surface area (Å²) in [6.45, 7) is 1.99. The van der Waals surface area contributed by atoms with Crippen molar-refractivity contribution in [1.82, 2.24) is 10.3 Å². The Morgan fingerprint density at radius 1 is 1.38 bits per heavy atom. The Kier molecular flexibility index (Phi) is 5.27. The summed E-state index contributed by atoms with van der Waals surface area (Å²) in [7, 11) is -2.99. The van der Waals surface area contributed by atoms with Crippen LogP contribution in [0.15, 0.2) is 34.5 Å². The molecule has 1 unspecified atom stereocenters. The van der Waals surface area contributed by atoms with E-state index in [1.165, 1.54) is 0 Å². The van der Waals surface area contributed by atoms with Gasteiger partial charge in [-0.15, -0.1) is 23.1 Å². The molecule has 1 aliphatic rings. The number of nitrogens with one attached hydrogen (secondary N) is 1. The number of sulfone groups is 1. The lowest BCUT2D eigenvalue weighted by Gasteiger charge is -2.11. The highest BCUT2D eigenvalue weighted by molar-refractivity contribution is 7.98. The molecular formula is C16H18N2O3S3. The summed E-state index contributed by atoms with van der Waals surface area (Å²) in [5.41, 5.74) is 1.61. The molecule has 0 radical (unpaired) electrons. The van der Waals surface area contributed by atoms with E-state index in [0.717, 1.165) is 21.3 Å². The van der Waals surface area contributed by atoms with E-state index in [4.69, 9.17) is 0 Å². The molecule has 2 heterocycles. The van der Waals surface area contributed by atoms with E-state index in [2.05, 4.69) is 15.7 Å². The van der Waals surface area contributed by atoms with Gasteiger partial charge in [0.2, 0.25) is 0 Å². The van der Waals surface area contributed by atoms with Crippen LogP contribution in [0.2, 0.25) is 0 Å². The average Bonchev–Trinajstić information content (AvgIpc) is 3.11. The lowest BCUT2D eigenvalue weighted by molar-refractivity contribution is 0.0941. The monoisotopic (exact) mass is 382 g/mol. The minimum Gasteiger partial charge on any atom is -0.348 e. The molecule has 128 valence electrons. The lowest BCUT2D eigenvalue weighted by atomic mass is 10.2. The van der Waals surface area contributed by atoms with E-state index >= 15 is 0 Å². The topological polar surface area (TPSA) is 76.1 Å². The van der Waals surface area contributed by atoms with Crippen LogP contribution in [0.4, 0.5) is 0 Å². The number of aryl methyl sites for hydroxylation is 1. The van der Waals surface area contributed by atoms with Crippen LogP contribution in [0.5, 0.6) is 0 Å². The van der Waals surface area contributed by atoms with Gasteiger partial charge in [0.1, 0.15) is 0 Å². The van der Waals surface area contributed by atoms with E-state index in [9.17, 15) is 13.2 Å². The van der Waals surface area contributed by atoms with Crippen LogP contribution in [0.1, 0.15) is 27.5 Å². The molecule has 8 heteroatoms. The molecule has 24 heavy (non-hydrogen) atoms. The van der Waals surface area contributed by atoms with Gasteiger partial charge in [0.25, 0.3) is 5.91 Å². The largest absolute Gasteiger partial charge is 0.348 e. The van der Waals surface area contributed by atoms with Crippen molar-refractivity contribution in [2.45, 2.75) is 30.0 Å². The third kappa shape index (κ3) is 4.58.